The average molecular weight is 453 g/mol. The topological polar surface area (TPSA) is 73.6 Å². The van der Waals surface area contributed by atoms with Gasteiger partial charge in [-0.2, -0.15) is 0 Å². The van der Waals surface area contributed by atoms with Crippen LogP contribution < -0.4 is 0 Å². The van der Waals surface area contributed by atoms with E-state index < -0.39 is 5.41 Å². The van der Waals surface area contributed by atoms with Gasteiger partial charge in [0.05, 0.1) is 18.4 Å². The predicted molar refractivity (Wildman–Crippen MR) is 123 cm³/mol. The Bertz CT molecular complexity index is 1030. The zero-order valence-corrected chi connectivity index (χ0v) is 20.6. The number of carbonyl (C=O) groups is 3. The molecular weight excluding hydrogens is 416 g/mol. The molecule has 1 aromatic heterocycles. The molecule has 3 saturated carbocycles. The van der Waals surface area contributed by atoms with Gasteiger partial charge >= 0.3 is 5.97 Å². The highest BCUT2D eigenvalue weighted by molar-refractivity contribution is 5.96. The minimum Gasteiger partial charge on any atom is -0.472 e. The molecule has 0 N–H and O–H groups in total. The third-order valence-corrected chi connectivity index (χ3v) is 10.6. The monoisotopic (exact) mass is 452 g/mol. The number of hydrogen-bond acceptors (Lipinski definition) is 5. The summed E-state index contributed by atoms with van der Waals surface area (Å²) in [5.74, 6) is 0.305. The van der Waals surface area contributed by atoms with Crippen LogP contribution >= 0.6 is 0 Å². The van der Waals surface area contributed by atoms with E-state index in [-0.39, 0.29) is 63.6 Å². The van der Waals surface area contributed by atoms with Gasteiger partial charge in [-0.25, -0.2) is 0 Å². The van der Waals surface area contributed by atoms with Gasteiger partial charge in [0, 0.05) is 29.7 Å². The molecule has 33 heavy (non-hydrogen) atoms. The van der Waals surface area contributed by atoms with E-state index >= 15 is 0 Å². The summed E-state index contributed by atoms with van der Waals surface area (Å²) in [6, 6.07) is 1.92. The molecule has 8 atom stereocenters. The van der Waals surface area contributed by atoms with Gasteiger partial charge < -0.3 is 9.15 Å². The number of allylic oxidation sites excluding steroid dienone is 2. The van der Waals surface area contributed by atoms with E-state index in [1.54, 1.807) is 18.6 Å². The largest absolute Gasteiger partial charge is 0.472 e. The Labute approximate surface area is 196 Å². The second-order valence-corrected chi connectivity index (χ2v) is 12.3. The number of ketones is 2. The number of rotatable bonds is 2. The normalized spacial score (nSPS) is 45.8. The summed E-state index contributed by atoms with van der Waals surface area (Å²) in [7, 11) is 0. The molecule has 0 amide bonds. The van der Waals surface area contributed by atoms with Crippen molar-refractivity contribution < 1.29 is 23.5 Å². The Morgan fingerprint density at radius 1 is 1.09 bits per heavy atom. The van der Waals surface area contributed by atoms with Gasteiger partial charge in [0.2, 0.25) is 0 Å². The third-order valence-electron chi connectivity index (χ3n) is 10.6. The summed E-state index contributed by atoms with van der Waals surface area (Å²) >= 11 is 0. The molecule has 4 aliphatic rings. The van der Waals surface area contributed by atoms with Gasteiger partial charge in [-0.05, 0) is 60.0 Å². The first-order valence-corrected chi connectivity index (χ1v) is 12.3. The van der Waals surface area contributed by atoms with Crippen LogP contribution in [0.15, 0.2) is 35.2 Å². The fraction of sp³-hybridized carbons (Fsp3) is 0.679. The van der Waals surface area contributed by atoms with E-state index in [1.165, 1.54) is 6.92 Å². The van der Waals surface area contributed by atoms with Crippen LogP contribution in [0.1, 0.15) is 78.7 Å². The van der Waals surface area contributed by atoms with E-state index in [2.05, 4.69) is 26.8 Å². The van der Waals surface area contributed by atoms with Gasteiger partial charge in [0.25, 0.3) is 0 Å². The van der Waals surface area contributed by atoms with Crippen molar-refractivity contribution in [3.05, 3.63) is 36.3 Å². The molecule has 5 heteroatoms. The van der Waals surface area contributed by atoms with Gasteiger partial charge in [-0.1, -0.05) is 40.7 Å². The molecule has 0 radical (unpaired) electrons. The first kappa shape index (κ1) is 22.6. The molecule has 0 unspecified atom stereocenters. The van der Waals surface area contributed by atoms with Crippen molar-refractivity contribution in [1.29, 1.82) is 0 Å². The number of carbonyl (C=O) groups excluding carboxylic acids is 3. The van der Waals surface area contributed by atoms with E-state index in [1.807, 2.05) is 19.9 Å². The Balaban J connectivity index is 1.66. The van der Waals surface area contributed by atoms with E-state index in [0.29, 0.717) is 12.8 Å². The van der Waals surface area contributed by atoms with Crippen molar-refractivity contribution in [2.24, 2.45) is 39.4 Å². The first-order chi connectivity index (χ1) is 15.4. The second kappa shape index (κ2) is 6.93. The molecule has 1 heterocycles. The minimum absolute atomic E-state index is 0.0797. The number of esters is 1. The van der Waals surface area contributed by atoms with E-state index in [4.69, 9.17) is 9.15 Å². The van der Waals surface area contributed by atoms with Crippen LogP contribution in [-0.2, 0) is 19.1 Å². The number of fused-ring (bicyclic) bond motifs is 5. The summed E-state index contributed by atoms with van der Waals surface area (Å²) in [5, 5.41) is 0. The molecule has 0 saturated heterocycles. The SMILES string of the molecule is CC(=O)O[C@@H]1C[C@H]2C(C)(C)C(=O)C=C[C@]2(C)[C@H]2CC[C@@]3(C)[C@H](c4ccoc4)C(=O)C[C@@H]3[C@@]21C. The van der Waals surface area contributed by atoms with Crippen molar-refractivity contribution in [2.75, 3.05) is 0 Å². The second-order valence-electron chi connectivity index (χ2n) is 12.3. The summed E-state index contributed by atoms with van der Waals surface area (Å²) in [5.41, 5.74) is -0.341. The van der Waals surface area contributed by atoms with Crippen LogP contribution in [0.4, 0.5) is 0 Å². The Morgan fingerprint density at radius 2 is 1.82 bits per heavy atom. The zero-order chi connectivity index (χ0) is 24.0. The molecule has 5 nitrogen and oxygen atoms in total. The Kier molecular flexibility index (Phi) is 4.75. The van der Waals surface area contributed by atoms with Crippen LogP contribution in [-0.4, -0.2) is 23.6 Å². The average Bonchev–Trinajstić information content (AvgIpc) is 3.32. The third kappa shape index (κ3) is 2.80. The van der Waals surface area contributed by atoms with Crippen molar-refractivity contribution in [1.82, 2.24) is 0 Å². The Hall–Kier alpha value is -2.17. The van der Waals surface area contributed by atoms with Crippen molar-refractivity contribution in [3.63, 3.8) is 0 Å². The van der Waals surface area contributed by atoms with Crippen molar-refractivity contribution >= 4 is 17.5 Å². The molecule has 178 valence electrons. The maximum Gasteiger partial charge on any atom is 0.302 e. The predicted octanol–water partition coefficient (Wildman–Crippen LogP) is 5.50. The van der Waals surface area contributed by atoms with Crippen molar-refractivity contribution in [3.8, 4) is 0 Å². The lowest BCUT2D eigenvalue weighted by atomic mass is 9.37. The van der Waals surface area contributed by atoms with Crippen LogP contribution in [0, 0.1) is 39.4 Å². The van der Waals surface area contributed by atoms with Crippen molar-refractivity contribution in [2.45, 2.75) is 79.2 Å². The lowest BCUT2D eigenvalue weighted by Gasteiger charge is -2.67. The molecular formula is C28H36O5. The van der Waals surface area contributed by atoms with Crippen LogP contribution in [0.3, 0.4) is 0 Å². The van der Waals surface area contributed by atoms with Gasteiger partial charge in [0.1, 0.15) is 11.9 Å². The fourth-order valence-electron chi connectivity index (χ4n) is 9.10. The molecule has 0 aliphatic heterocycles. The molecule has 3 fully saturated rings. The lowest BCUT2D eigenvalue weighted by molar-refractivity contribution is -0.222. The number of ether oxygens (including phenoxy) is 1. The molecule has 1 aromatic rings. The molecule has 0 bridgehead atoms. The zero-order valence-electron chi connectivity index (χ0n) is 20.6. The number of furan rings is 1. The smallest absolute Gasteiger partial charge is 0.302 e. The van der Waals surface area contributed by atoms with Crippen LogP contribution in [0.5, 0.6) is 0 Å². The maximum atomic E-state index is 13.5. The van der Waals surface area contributed by atoms with Crippen LogP contribution in [0.25, 0.3) is 0 Å². The van der Waals surface area contributed by atoms with E-state index in [0.717, 1.165) is 18.4 Å². The fourth-order valence-corrected chi connectivity index (χ4v) is 9.10. The molecule has 0 spiro atoms. The molecule has 5 rings (SSSR count). The highest BCUT2D eigenvalue weighted by Crippen LogP contribution is 2.73. The van der Waals surface area contributed by atoms with Gasteiger partial charge in [0.15, 0.2) is 5.78 Å². The minimum atomic E-state index is -0.519. The molecule has 0 aromatic carbocycles. The molecule has 4 aliphatic carbocycles. The summed E-state index contributed by atoms with van der Waals surface area (Å²) in [6.07, 6.45) is 9.96. The Morgan fingerprint density at radius 3 is 2.45 bits per heavy atom. The first-order valence-electron chi connectivity index (χ1n) is 12.3. The van der Waals surface area contributed by atoms with Gasteiger partial charge in [-0.3, -0.25) is 14.4 Å². The number of Topliss-reactive ketones (excluding diaryl/α,β-unsaturated/α-hetero) is 1. The van der Waals surface area contributed by atoms with Crippen LogP contribution in [0.2, 0.25) is 0 Å². The number of hydrogen-bond donors (Lipinski definition) is 0. The summed E-state index contributed by atoms with van der Waals surface area (Å²) < 4.78 is 11.5. The van der Waals surface area contributed by atoms with E-state index in [9.17, 15) is 14.4 Å². The summed E-state index contributed by atoms with van der Waals surface area (Å²) in [6.45, 7) is 12.4. The highest BCUT2D eigenvalue weighted by Gasteiger charge is 2.71. The maximum absolute atomic E-state index is 13.5. The quantitative estimate of drug-likeness (QED) is 0.554. The summed E-state index contributed by atoms with van der Waals surface area (Å²) in [4.78, 5) is 38.7. The lowest BCUT2D eigenvalue weighted by Crippen LogP contribution is -2.66. The standard InChI is InChI=1S/C28H36O5/c1-16(29)33-23-14-20-25(2,3)22(31)8-11-26(20,4)19-7-10-27(5)21(28(19,23)6)13-18(30)24(27)17-9-12-32-15-17/h8-9,11-12,15,19-21,23-24H,7,10,13-14H2,1-6H3/t19-,20+,21+,23-,24-,26-,27-,28-/m1/s1. The highest BCUT2D eigenvalue weighted by atomic mass is 16.5. The van der Waals surface area contributed by atoms with Gasteiger partial charge in [-0.15, -0.1) is 0 Å².